The van der Waals surface area contributed by atoms with E-state index in [0.29, 0.717) is 11.1 Å². The Balaban J connectivity index is 1.65. The highest BCUT2D eigenvalue weighted by atomic mass is 16.1. The predicted molar refractivity (Wildman–Crippen MR) is 137 cm³/mol. The van der Waals surface area contributed by atoms with Crippen molar-refractivity contribution in [2.24, 2.45) is 7.05 Å². The molecular weight excluding hydrogens is 420 g/mol. The van der Waals surface area contributed by atoms with Gasteiger partial charge in [0.15, 0.2) is 0 Å². The number of fused-ring (bicyclic) bond motifs is 1. The molecule has 0 bridgehead atoms. The van der Waals surface area contributed by atoms with E-state index in [1.54, 1.807) is 0 Å². The Bertz CT molecular complexity index is 1390. The average molecular weight is 449 g/mol. The van der Waals surface area contributed by atoms with Crippen LogP contribution in [0.2, 0.25) is 0 Å². The summed E-state index contributed by atoms with van der Waals surface area (Å²) in [7, 11) is 1.99. The molecule has 0 spiro atoms. The molecule has 1 aromatic heterocycles. The predicted octanol–water partition coefficient (Wildman–Crippen LogP) is 5.17. The fraction of sp³-hybridized carbons (Fsp3) is 0.241. The van der Waals surface area contributed by atoms with Crippen LogP contribution < -0.4 is 10.6 Å². The van der Waals surface area contributed by atoms with Crippen molar-refractivity contribution in [3.8, 4) is 28.3 Å². The molecule has 2 N–H and O–H groups in total. The molecule has 5 rings (SSSR count). The number of nitrogens with zero attached hydrogens (tertiary/aromatic N) is 2. The first-order chi connectivity index (χ1) is 16.5. The first-order valence-corrected chi connectivity index (χ1v) is 11.8. The topological polar surface area (TPSA) is 69.8 Å². The smallest absolute Gasteiger partial charge is 0.253 e. The SMILES string of the molecule is Cc1ccc(-c2cc3c(cc2-c2ccc(C#N)cc2)c(C(=O)NC2CCNCC2)cn3C)cc1. The molecule has 1 amide bonds. The van der Waals surface area contributed by atoms with Crippen LogP contribution in [0.3, 0.4) is 0 Å². The zero-order valence-corrected chi connectivity index (χ0v) is 19.6. The van der Waals surface area contributed by atoms with Gasteiger partial charge in [0, 0.05) is 30.2 Å². The molecule has 0 atom stereocenters. The van der Waals surface area contributed by atoms with Gasteiger partial charge < -0.3 is 15.2 Å². The number of aryl methyl sites for hydroxylation is 2. The van der Waals surface area contributed by atoms with E-state index in [2.05, 4.69) is 60.0 Å². The van der Waals surface area contributed by atoms with Gasteiger partial charge in [-0.2, -0.15) is 5.26 Å². The minimum absolute atomic E-state index is 0.0219. The lowest BCUT2D eigenvalue weighted by Gasteiger charge is -2.23. The number of carbonyl (C=O) groups is 1. The van der Waals surface area contributed by atoms with Crippen LogP contribution in [-0.2, 0) is 7.05 Å². The van der Waals surface area contributed by atoms with Crippen molar-refractivity contribution in [3.05, 3.63) is 83.6 Å². The summed E-state index contributed by atoms with van der Waals surface area (Å²) >= 11 is 0. The first-order valence-electron chi connectivity index (χ1n) is 11.8. The molecule has 5 heteroatoms. The van der Waals surface area contributed by atoms with Crippen molar-refractivity contribution >= 4 is 16.8 Å². The summed E-state index contributed by atoms with van der Waals surface area (Å²) in [5.74, 6) is -0.0219. The number of amides is 1. The third-order valence-electron chi connectivity index (χ3n) is 6.74. The summed E-state index contributed by atoms with van der Waals surface area (Å²) in [6.07, 6.45) is 3.83. The summed E-state index contributed by atoms with van der Waals surface area (Å²) in [4.78, 5) is 13.3. The molecule has 2 heterocycles. The van der Waals surface area contributed by atoms with Gasteiger partial charge in [0.1, 0.15) is 0 Å². The summed E-state index contributed by atoms with van der Waals surface area (Å²) in [5, 5.41) is 16.8. The number of hydrogen-bond donors (Lipinski definition) is 2. The number of carbonyl (C=O) groups excluding carboxylic acids is 1. The summed E-state index contributed by atoms with van der Waals surface area (Å²) in [5.41, 5.74) is 7.83. The van der Waals surface area contributed by atoms with Crippen molar-refractivity contribution in [2.45, 2.75) is 25.8 Å². The largest absolute Gasteiger partial charge is 0.350 e. The van der Waals surface area contributed by atoms with Crippen LogP contribution in [-0.4, -0.2) is 29.6 Å². The second-order valence-electron chi connectivity index (χ2n) is 9.12. The van der Waals surface area contributed by atoms with E-state index in [1.807, 2.05) is 42.1 Å². The van der Waals surface area contributed by atoms with E-state index in [1.165, 1.54) is 5.56 Å². The Hall–Kier alpha value is -3.88. The summed E-state index contributed by atoms with van der Waals surface area (Å²) < 4.78 is 2.03. The third-order valence-corrected chi connectivity index (χ3v) is 6.74. The molecule has 1 aliphatic heterocycles. The van der Waals surface area contributed by atoms with Crippen molar-refractivity contribution in [1.82, 2.24) is 15.2 Å². The molecular formula is C29H28N4O. The van der Waals surface area contributed by atoms with Gasteiger partial charge >= 0.3 is 0 Å². The van der Waals surface area contributed by atoms with Crippen molar-refractivity contribution in [1.29, 1.82) is 5.26 Å². The van der Waals surface area contributed by atoms with Gasteiger partial charge in [0.25, 0.3) is 5.91 Å². The minimum atomic E-state index is -0.0219. The van der Waals surface area contributed by atoms with Crippen molar-refractivity contribution in [3.63, 3.8) is 0 Å². The van der Waals surface area contributed by atoms with E-state index in [4.69, 9.17) is 0 Å². The lowest BCUT2D eigenvalue weighted by Crippen LogP contribution is -2.42. The van der Waals surface area contributed by atoms with Gasteiger partial charge in [-0.25, -0.2) is 0 Å². The monoisotopic (exact) mass is 448 g/mol. The fourth-order valence-electron chi connectivity index (χ4n) is 4.77. The van der Waals surface area contributed by atoms with Crippen LogP contribution in [0.4, 0.5) is 0 Å². The first kappa shape index (κ1) is 21.9. The second kappa shape index (κ2) is 9.17. The van der Waals surface area contributed by atoms with Crippen LogP contribution in [0.15, 0.2) is 66.9 Å². The van der Waals surface area contributed by atoms with Crippen LogP contribution in [0.1, 0.15) is 34.3 Å². The van der Waals surface area contributed by atoms with Crippen LogP contribution in [0, 0.1) is 18.3 Å². The molecule has 1 saturated heterocycles. The van der Waals surface area contributed by atoms with Gasteiger partial charge in [-0.15, -0.1) is 0 Å². The number of nitriles is 1. The Morgan fingerprint density at radius 1 is 1.00 bits per heavy atom. The fourth-order valence-corrected chi connectivity index (χ4v) is 4.77. The normalized spacial score (nSPS) is 14.1. The number of hydrogen-bond acceptors (Lipinski definition) is 3. The van der Waals surface area contributed by atoms with Crippen LogP contribution in [0.5, 0.6) is 0 Å². The van der Waals surface area contributed by atoms with Gasteiger partial charge in [-0.3, -0.25) is 4.79 Å². The molecule has 3 aromatic carbocycles. The van der Waals surface area contributed by atoms with Crippen LogP contribution >= 0.6 is 0 Å². The highest BCUT2D eigenvalue weighted by Gasteiger charge is 2.21. The molecule has 4 aromatic rings. The molecule has 1 fully saturated rings. The molecule has 0 saturated carbocycles. The Labute approximate surface area is 200 Å². The number of nitrogens with one attached hydrogen (secondary N) is 2. The maximum Gasteiger partial charge on any atom is 0.253 e. The molecule has 0 unspecified atom stereocenters. The Morgan fingerprint density at radius 2 is 1.62 bits per heavy atom. The summed E-state index contributed by atoms with van der Waals surface area (Å²) in [6, 6.07) is 22.8. The molecule has 0 aliphatic carbocycles. The summed E-state index contributed by atoms with van der Waals surface area (Å²) in [6.45, 7) is 3.95. The third kappa shape index (κ3) is 4.21. The number of rotatable bonds is 4. The average Bonchev–Trinajstić information content (AvgIpc) is 3.20. The van der Waals surface area contributed by atoms with E-state index in [9.17, 15) is 10.1 Å². The zero-order valence-electron chi connectivity index (χ0n) is 19.6. The quantitative estimate of drug-likeness (QED) is 0.452. The van der Waals surface area contributed by atoms with Gasteiger partial charge in [-0.05, 0) is 79.4 Å². The van der Waals surface area contributed by atoms with Gasteiger partial charge in [0.2, 0.25) is 0 Å². The maximum atomic E-state index is 13.3. The minimum Gasteiger partial charge on any atom is -0.350 e. The maximum absolute atomic E-state index is 13.3. The lowest BCUT2D eigenvalue weighted by molar-refractivity contribution is 0.0931. The number of piperidine rings is 1. The van der Waals surface area contributed by atoms with E-state index in [-0.39, 0.29) is 11.9 Å². The number of aromatic nitrogens is 1. The highest BCUT2D eigenvalue weighted by molar-refractivity contribution is 6.09. The molecule has 0 radical (unpaired) electrons. The molecule has 34 heavy (non-hydrogen) atoms. The highest BCUT2D eigenvalue weighted by Crippen LogP contribution is 2.37. The molecule has 5 nitrogen and oxygen atoms in total. The second-order valence-corrected chi connectivity index (χ2v) is 9.12. The molecule has 1 aliphatic rings. The van der Waals surface area contributed by atoms with Gasteiger partial charge in [-0.1, -0.05) is 42.0 Å². The standard InChI is InChI=1S/C29H28N4O/c1-19-3-7-21(8-4-19)25-16-28-26(15-24(25)22-9-5-20(17-30)6-10-22)27(18-33(28)2)29(34)32-23-11-13-31-14-12-23/h3-10,15-16,18,23,31H,11-14H2,1-2H3,(H,32,34). The Kier molecular flexibility index (Phi) is 5.91. The Morgan fingerprint density at radius 3 is 2.26 bits per heavy atom. The van der Waals surface area contributed by atoms with Crippen molar-refractivity contribution in [2.75, 3.05) is 13.1 Å². The van der Waals surface area contributed by atoms with E-state index < -0.39 is 0 Å². The number of benzene rings is 3. The lowest BCUT2D eigenvalue weighted by atomic mass is 9.91. The van der Waals surface area contributed by atoms with E-state index in [0.717, 1.165) is 59.1 Å². The molecule has 170 valence electrons. The van der Waals surface area contributed by atoms with E-state index >= 15 is 0 Å². The van der Waals surface area contributed by atoms with Crippen molar-refractivity contribution < 1.29 is 4.79 Å². The zero-order chi connectivity index (χ0) is 23.7. The van der Waals surface area contributed by atoms with Gasteiger partial charge in [0.05, 0.1) is 17.2 Å². The van der Waals surface area contributed by atoms with Crippen LogP contribution in [0.25, 0.3) is 33.2 Å².